The van der Waals surface area contributed by atoms with Crippen LogP contribution in [0.1, 0.15) is 0 Å². The smallest absolute Gasteiger partial charge is 0.307 e. The van der Waals surface area contributed by atoms with E-state index in [0.717, 1.165) is 11.5 Å². The van der Waals surface area contributed by atoms with Crippen molar-refractivity contribution in [1.29, 1.82) is 0 Å². The highest BCUT2D eigenvalue weighted by Gasteiger charge is 2.32. The number of ether oxygens (including phenoxy) is 1. The molecule has 100 valence electrons. The second-order valence-corrected chi connectivity index (χ2v) is 6.98. The Morgan fingerprint density at radius 2 is 2.05 bits per heavy atom. The molecule has 0 saturated carbocycles. The first kappa shape index (κ1) is 12.8. The summed E-state index contributed by atoms with van der Waals surface area (Å²) in [6.45, 7) is 1.27. The summed E-state index contributed by atoms with van der Waals surface area (Å²) in [6, 6.07) is 5.07. The van der Waals surface area contributed by atoms with Gasteiger partial charge in [0.05, 0.1) is 18.7 Å². The lowest BCUT2D eigenvalue weighted by Crippen LogP contribution is -2.30. The van der Waals surface area contributed by atoms with Gasteiger partial charge in [0, 0.05) is 21.3 Å². The molecule has 3 rings (SSSR count). The molecule has 4 nitrogen and oxygen atoms in total. The minimum atomic E-state index is -0.256. The van der Waals surface area contributed by atoms with Crippen molar-refractivity contribution in [2.45, 2.75) is 4.90 Å². The molecule has 1 fully saturated rings. The zero-order valence-electron chi connectivity index (χ0n) is 10.1. The number of fused-ring (bicyclic) bond motifs is 1. The Morgan fingerprint density at radius 3 is 2.79 bits per heavy atom. The van der Waals surface area contributed by atoms with Gasteiger partial charge in [0.25, 0.3) is 4.90 Å². The molecule has 1 aromatic carbocycles. The van der Waals surface area contributed by atoms with Crippen LogP contribution >= 0.6 is 11.6 Å². The quantitative estimate of drug-likeness (QED) is 0.790. The summed E-state index contributed by atoms with van der Waals surface area (Å²) in [5.41, 5.74) is 0.394. The Hall–Kier alpha value is -1.17. The Bertz CT molecular complexity index is 679. The van der Waals surface area contributed by atoms with E-state index in [9.17, 15) is 9.90 Å². The summed E-state index contributed by atoms with van der Waals surface area (Å²) in [6.07, 6.45) is 0. The van der Waals surface area contributed by atoms with Crippen LogP contribution in [-0.2, 0) is 15.6 Å². The summed E-state index contributed by atoms with van der Waals surface area (Å²) >= 11 is 5.95. The first-order valence-corrected chi connectivity index (χ1v) is 7.90. The van der Waals surface area contributed by atoms with E-state index in [1.165, 1.54) is 0 Å². The van der Waals surface area contributed by atoms with E-state index in [1.54, 1.807) is 18.2 Å². The van der Waals surface area contributed by atoms with Crippen LogP contribution in [0.25, 0.3) is 10.9 Å². The lowest BCUT2D eigenvalue weighted by atomic mass is 10.2. The van der Waals surface area contributed by atoms with Gasteiger partial charge in [-0.05, 0) is 18.2 Å². The van der Waals surface area contributed by atoms with Gasteiger partial charge in [0.1, 0.15) is 11.5 Å². The maximum absolute atomic E-state index is 12.2. The van der Waals surface area contributed by atoms with Gasteiger partial charge in [-0.1, -0.05) is 11.6 Å². The number of hydrogen-bond acceptors (Lipinski definition) is 3. The summed E-state index contributed by atoms with van der Waals surface area (Å²) in [5.74, 6) is 1.62. The normalized spacial score (nSPS) is 16.9. The van der Waals surface area contributed by atoms with Crippen LogP contribution in [-0.4, -0.2) is 34.8 Å². The number of hydrogen-bond donors (Lipinski definition) is 2. The van der Waals surface area contributed by atoms with E-state index >= 15 is 0 Å². The van der Waals surface area contributed by atoms with Crippen molar-refractivity contribution in [2.24, 2.45) is 0 Å². The third-order valence-electron chi connectivity index (χ3n) is 3.14. The van der Waals surface area contributed by atoms with Crippen molar-refractivity contribution in [2.75, 3.05) is 24.7 Å². The molecule has 6 heteroatoms. The summed E-state index contributed by atoms with van der Waals surface area (Å²) in [7, 11) is -0.256. The highest BCUT2D eigenvalue weighted by Crippen LogP contribution is 2.31. The molecule has 19 heavy (non-hydrogen) atoms. The van der Waals surface area contributed by atoms with Crippen LogP contribution in [0.2, 0.25) is 5.02 Å². The molecule has 2 N–H and O–H groups in total. The van der Waals surface area contributed by atoms with E-state index in [1.807, 2.05) is 0 Å². The number of aromatic nitrogens is 1. The number of nitrogens with one attached hydrogen (secondary N) is 1. The molecule has 0 atom stereocenters. The molecule has 0 unspecified atom stereocenters. The zero-order valence-corrected chi connectivity index (χ0v) is 11.7. The van der Waals surface area contributed by atoms with Crippen molar-refractivity contribution in [3.63, 3.8) is 0 Å². The maximum Gasteiger partial charge on any atom is 0.307 e. The SMILES string of the molecule is O=c1[nH]c2ccc(Cl)cc2c(O)c1[S+]1CCOCC1. The fraction of sp³-hybridized carbons (Fsp3) is 0.308. The van der Waals surface area contributed by atoms with Gasteiger partial charge in [-0.3, -0.25) is 4.79 Å². The van der Waals surface area contributed by atoms with Crippen molar-refractivity contribution in [1.82, 2.24) is 4.98 Å². The number of halogens is 1. The third kappa shape index (κ3) is 2.33. The fourth-order valence-electron chi connectivity index (χ4n) is 2.23. The lowest BCUT2D eigenvalue weighted by Gasteiger charge is -2.14. The lowest BCUT2D eigenvalue weighted by molar-refractivity contribution is 0.159. The maximum atomic E-state index is 12.2. The van der Waals surface area contributed by atoms with Crippen LogP contribution in [0, 0.1) is 0 Å². The second kappa shape index (κ2) is 5.07. The molecule has 0 amide bonds. The molecule has 2 heterocycles. The number of rotatable bonds is 1. The minimum absolute atomic E-state index is 0.0616. The highest BCUT2D eigenvalue weighted by molar-refractivity contribution is 7.97. The van der Waals surface area contributed by atoms with E-state index in [-0.39, 0.29) is 22.2 Å². The molecule has 0 bridgehead atoms. The van der Waals surface area contributed by atoms with Gasteiger partial charge >= 0.3 is 5.56 Å². The topological polar surface area (TPSA) is 62.3 Å². The molecule has 0 radical (unpaired) electrons. The van der Waals surface area contributed by atoms with Crippen LogP contribution in [0.3, 0.4) is 0 Å². The molecule has 1 aromatic heterocycles. The van der Waals surface area contributed by atoms with Crippen LogP contribution in [0.4, 0.5) is 0 Å². The fourth-order valence-corrected chi connectivity index (χ4v) is 4.34. The van der Waals surface area contributed by atoms with Gasteiger partial charge in [-0.15, -0.1) is 0 Å². The Kier molecular flexibility index (Phi) is 3.43. The number of aromatic hydroxyl groups is 1. The van der Waals surface area contributed by atoms with Crippen LogP contribution in [0.15, 0.2) is 27.9 Å². The predicted molar refractivity (Wildman–Crippen MR) is 77.4 cm³/mol. The number of benzene rings is 1. The molecule has 2 aromatic rings. The summed E-state index contributed by atoms with van der Waals surface area (Å²) < 4.78 is 5.30. The van der Waals surface area contributed by atoms with E-state index < -0.39 is 0 Å². The van der Waals surface area contributed by atoms with Crippen molar-refractivity contribution >= 4 is 33.4 Å². The first-order valence-electron chi connectivity index (χ1n) is 5.96. The molecule has 1 saturated heterocycles. The minimum Gasteiger partial charge on any atom is -0.503 e. The molecule has 0 spiro atoms. The van der Waals surface area contributed by atoms with Gasteiger partial charge in [0.15, 0.2) is 5.75 Å². The van der Waals surface area contributed by atoms with E-state index in [4.69, 9.17) is 16.3 Å². The van der Waals surface area contributed by atoms with Gasteiger partial charge < -0.3 is 14.8 Å². The molecule has 1 aliphatic rings. The Balaban J connectivity index is 2.20. The molecule has 0 aliphatic carbocycles. The highest BCUT2D eigenvalue weighted by atomic mass is 35.5. The van der Waals surface area contributed by atoms with Crippen molar-refractivity contribution in [3.8, 4) is 5.75 Å². The molecular formula is C13H13ClNO3S+. The van der Waals surface area contributed by atoms with E-state index in [0.29, 0.717) is 34.0 Å². The molecular weight excluding hydrogens is 286 g/mol. The third-order valence-corrected chi connectivity index (χ3v) is 5.65. The van der Waals surface area contributed by atoms with Crippen molar-refractivity contribution in [3.05, 3.63) is 33.6 Å². The number of aromatic amines is 1. The summed E-state index contributed by atoms with van der Waals surface area (Å²) in [4.78, 5) is 15.5. The average Bonchev–Trinajstić information content (AvgIpc) is 2.41. The standard InChI is InChI=1S/C13H12ClNO3S/c14-8-1-2-10-9(7-8)11(16)12(13(17)15-10)19-5-3-18-4-6-19/h1-2,7H,3-6H2,(H-,15,16,17)/p+1. The van der Waals surface area contributed by atoms with Gasteiger partial charge in [-0.25, -0.2) is 0 Å². The Labute approximate surface area is 117 Å². The van der Waals surface area contributed by atoms with Gasteiger partial charge in [-0.2, -0.15) is 0 Å². The number of pyridine rings is 1. The first-order chi connectivity index (χ1) is 9.16. The van der Waals surface area contributed by atoms with E-state index in [2.05, 4.69) is 4.98 Å². The molecule has 1 aliphatic heterocycles. The van der Waals surface area contributed by atoms with Crippen LogP contribution in [0.5, 0.6) is 5.75 Å². The Morgan fingerprint density at radius 1 is 1.32 bits per heavy atom. The average molecular weight is 299 g/mol. The predicted octanol–water partition coefficient (Wildman–Crippen LogP) is 1.89. The van der Waals surface area contributed by atoms with Crippen molar-refractivity contribution < 1.29 is 9.84 Å². The number of H-pyrrole nitrogens is 1. The summed E-state index contributed by atoms with van der Waals surface area (Å²) in [5, 5.41) is 11.5. The second-order valence-electron chi connectivity index (χ2n) is 4.34. The zero-order chi connectivity index (χ0) is 13.4. The van der Waals surface area contributed by atoms with Crippen LogP contribution < -0.4 is 5.56 Å². The largest absolute Gasteiger partial charge is 0.503 e. The van der Waals surface area contributed by atoms with Gasteiger partial charge in [0.2, 0.25) is 0 Å². The monoisotopic (exact) mass is 298 g/mol.